The van der Waals surface area contributed by atoms with Crippen LogP contribution in [-0.2, 0) is 12.8 Å². The van der Waals surface area contributed by atoms with Gasteiger partial charge in [0, 0.05) is 6.42 Å². The molecule has 0 aliphatic rings. The fourth-order valence-corrected chi connectivity index (χ4v) is 2.75. The highest BCUT2D eigenvalue weighted by Gasteiger charge is 2.12. The van der Waals surface area contributed by atoms with Crippen molar-refractivity contribution in [2.45, 2.75) is 12.8 Å². The zero-order valence-electron chi connectivity index (χ0n) is 12.5. The van der Waals surface area contributed by atoms with Crippen LogP contribution < -0.4 is 10.1 Å². The molecule has 0 aliphatic carbocycles. The van der Waals surface area contributed by atoms with Crippen molar-refractivity contribution in [1.82, 2.24) is 10.2 Å². The van der Waals surface area contributed by atoms with Crippen LogP contribution in [0.3, 0.4) is 0 Å². The predicted molar refractivity (Wildman–Crippen MR) is 87.0 cm³/mol. The van der Waals surface area contributed by atoms with E-state index < -0.39 is 0 Å². The molecule has 3 aromatic rings. The van der Waals surface area contributed by atoms with Crippen LogP contribution >= 0.6 is 11.3 Å². The van der Waals surface area contributed by atoms with Gasteiger partial charge in [0.2, 0.25) is 5.13 Å². The SMILES string of the molecule is COc1ccc(CCc2nnc(NC(=O)c3ccco3)s2)cc1. The van der Waals surface area contributed by atoms with Gasteiger partial charge in [0.15, 0.2) is 5.76 Å². The summed E-state index contributed by atoms with van der Waals surface area (Å²) >= 11 is 1.36. The summed E-state index contributed by atoms with van der Waals surface area (Å²) in [4.78, 5) is 11.8. The first-order chi connectivity index (χ1) is 11.2. The Morgan fingerprint density at radius 1 is 1.22 bits per heavy atom. The highest BCUT2D eigenvalue weighted by atomic mass is 32.1. The summed E-state index contributed by atoms with van der Waals surface area (Å²) in [6.07, 6.45) is 3.07. The van der Waals surface area contributed by atoms with Crippen molar-refractivity contribution in [3.8, 4) is 5.75 Å². The molecule has 7 heteroatoms. The number of hydrogen-bond acceptors (Lipinski definition) is 6. The fourth-order valence-electron chi connectivity index (χ4n) is 2.02. The Morgan fingerprint density at radius 3 is 2.74 bits per heavy atom. The Kier molecular flexibility index (Phi) is 4.68. The first-order valence-electron chi connectivity index (χ1n) is 7.05. The van der Waals surface area contributed by atoms with Crippen LogP contribution in [0.5, 0.6) is 5.75 Å². The zero-order chi connectivity index (χ0) is 16.1. The third-order valence-electron chi connectivity index (χ3n) is 3.22. The molecule has 1 amide bonds. The minimum Gasteiger partial charge on any atom is -0.497 e. The van der Waals surface area contributed by atoms with E-state index in [0.29, 0.717) is 5.13 Å². The van der Waals surface area contributed by atoms with Crippen LogP contribution in [0, 0.1) is 0 Å². The van der Waals surface area contributed by atoms with Gasteiger partial charge in [0.25, 0.3) is 5.91 Å². The normalized spacial score (nSPS) is 10.5. The topological polar surface area (TPSA) is 77.3 Å². The van der Waals surface area contributed by atoms with Crippen molar-refractivity contribution >= 4 is 22.4 Å². The Bertz CT molecular complexity index is 766. The summed E-state index contributed by atoms with van der Waals surface area (Å²) in [6, 6.07) is 11.2. The number of nitrogens with zero attached hydrogens (tertiary/aromatic N) is 2. The Balaban J connectivity index is 1.55. The Labute approximate surface area is 137 Å². The van der Waals surface area contributed by atoms with E-state index in [0.717, 1.165) is 23.6 Å². The van der Waals surface area contributed by atoms with Gasteiger partial charge in [-0.05, 0) is 36.2 Å². The van der Waals surface area contributed by atoms with Gasteiger partial charge in [-0.2, -0.15) is 0 Å². The number of benzene rings is 1. The average Bonchev–Trinajstić information content (AvgIpc) is 3.25. The van der Waals surface area contributed by atoms with Gasteiger partial charge in [0.1, 0.15) is 10.8 Å². The minimum absolute atomic E-state index is 0.250. The van der Waals surface area contributed by atoms with Crippen molar-refractivity contribution in [2.24, 2.45) is 0 Å². The Morgan fingerprint density at radius 2 is 2.04 bits per heavy atom. The largest absolute Gasteiger partial charge is 0.497 e. The van der Waals surface area contributed by atoms with E-state index in [1.54, 1.807) is 19.2 Å². The summed E-state index contributed by atoms with van der Waals surface area (Å²) in [5.74, 6) is 0.764. The number of carbonyl (C=O) groups is 1. The summed E-state index contributed by atoms with van der Waals surface area (Å²) in [5, 5.41) is 12.1. The lowest BCUT2D eigenvalue weighted by atomic mass is 10.1. The number of aromatic nitrogens is 2. The molecule has 1 aromatic carbocycles. The molecule has 0 bridgehead atoms. The number of hydrogen-bond donors (Lipinski definition) is 1. The van der Waals surface area contributed by atoms with Crippen LogP contribution in [0.4, 0.5) is 5.13 Å². The van der Waals surface area contributed by atoms with E-state index >= 15 is 0 Å². The third kappa shape index (κ3) is 3.95. The van der Waals surface area contributed by atoms with Crippen molar-refractivity contribution < 1.29 is 13.9 Å². The standard InChI is InChI=1S/C16H15N3O3S/c1-21-12-7-4-11(5-8-12)6-9-14-18-19-16(23-14)17-15(20)13-3-2-10-22-13/h2-5,7-8,10H,6,9H2,1H3,(H,17,19,20). The van der Waals surface area contributed by atoms with Crippen LogP contribution in [0.2, 0.25) is 0 Å². The monoisotopic (exact) mass is 329 g/mol. The van der Waals surface area contributed by atoms with E-state index in [4.69, 9.17) is 9.15 Å². The van der Waals surface area contributed by atoms with Crippen molar-refractivity contribution in [2.75, 3.05) is 12.4 Å². The molecule has 0 saturated carbocycles. The van der Waals surface area contributed by atoms with Crippen LogP contribution in [0.15, 0.2) is 47.1 Å². The van der Waals surface area contributed by atoms with Crippen LogP contribution in [0.25, 0.3) is 0 Å². The number of ether oxygens (including phenoxy) is 1. The van der Waals surface area contributed by atoms with E-state index in [2.05, 4.69) is 15.5 Å². The number of methoxy groups -OCH3 is 1. The number of carbonyl (C=O) groups excluding carboxylic acids is 1. The first kappa shape index (κ1) is 15.2. The number of aryl methyl sites for hydroxylation is 2. The minimum atomic E-state index is -0.326. The number of nitrogens with one attached hydrogen (secondary N) is 1. The highest BCUT2D eigenvalue weighted by molar-refractivity contribution is 7.15. The maximum absolute atomic E-state index is 11.8. The summed E-state index contributed by atoms with van der Waals surface area (Å²) < 4.78 is 10.2. The van der Waals surface area contributed by atoms with Gasteiger partial charge < -0.3 is 9.15 Å². The summed E-state index contributed by atoms with van der Waals surface area (Å²) in [7, 11) is 1.65. The molecule has 6 nitrogen and oxygen atoms in total. The molecule has 1 N–H and O–H groups in total. The number of furan rings is 1. The van der Waals surface area contributed by atoms with Gasteiger partial charge in [-0.25, -0.2) is 0 Å². The number of rotatable bonds is 6. The second-order valence-corrected chi connectivity index (χ2v) is 5.84. The van der Waals surface area contributed by atoms with E-state index in [1.165, 1.54) is 23.2 Å². The van der Waals surface area contributed by atoms with Gasteiger partial charge in [-0.1, -0.05) is 23.5 Å². The predicted octanol–water partition coefficient (Wildman–Crippen LogP) is 3.18. The lowest BCUT2D eigenvalue weighted by molar-refractivity contribution is 0.0996. The van der Waals surface area contributed by atoms with Gasteiger partial charge in [0.05, 0.1) is 13.4 Å². The number of anilines is 1. The first-order valence-corrected chi connectivity index (χ1v) is 7.86. The molecular formula is C16H15N3O3S. The molecule has 0 spiro atoms. The molecule has 2 heterocycles. The fraction of sp³-hybridized carbons (Fsp3) is 0.188. The molecule has 0 radical (unpaired) electrons. The molecule has 23 heavy (non-hydrogen) atoms. The Hall–Kier alpha value is -2.67. The molecule has 0 atom stereocenters. The lowest BCUT2D eigenvalue weighted by Gasteiger charge is -2.01. The van der Waals surface area contributed by atoms with E-state index in [1.807, 2.05) is 24.3 Å². The maximum atomic E-state index is 11.8. The van der Waals surface area contributed by atoms with Crippen LogP contribution in [-0.4, -0.2) is 23.2 Å². The molecule has 0 unspecified atom stereocenters. The van der Waals surface area contributed by atoms with Crippen molar-refractivity contribution in [1.29, 1.82) is 0 Å². The average molecular weight is 329 g/mol. The second kappa shape index (κ2) is 7.06. The molecule has 0 saturated heterocycles. The molecule has 118 valence electrons. The zero-order valence-corrected chi connectivity index (χ0v) is 13.3. The van der Waals surface area contributed by atoms with Crippen molar-refractivity contribution in [3.05, 3.63) is 59.0 Å². The van der Waals surface area contributed by atoms with E-state index in [-0.39, 0.29) is 11.7 Å². The van der Waals surface area contributed by atoms with E-state index in [9.17, 15) is 4.79 Å². The molecule has 3 rings (SSSR count). The summed E-state index contributed by atoms with van der Waals surface area (Å²) in [5.41, 5.74) is 1.20. The smallest absolute Gasteiger partial charge is 0.293 e. The molecule has 0 aliphatic heterocycles. The molecular weight excluding hydrogens is 314 g/mol. The second-order valence-electron chi connectivity index (χ2n) is 4.78. The van der Waals surface area contributed by atoms with Crippen molar-refractivity contribution in [3.63, 3.8) is 0 Å². The van der Waals surface area contributed by atoms with Gasteiger partial charge >= 0.3 is 0 Å². The lowest BCUT2D eigenvalue weighted by Crippen LogP contribution is -2.10. The van der Waals surface area contributed by atoms with Crippen LogP contribution in [0.1, 0.15) is 21.1 Å². The van der Waals surface area contributed by atoms with Gasteiger partial charge in [-0.3, -0.25) is 10.1 Å². The summed E-state index contributed by atoms with van der Waals surface area (Å²) in [6.45, 7) is 0. The quantitative estimate of drug-likeness (QED) is 0.751. The number of amides is 1. The molecule has 0 fully saturated rings. The third-order valence-corrected chi connectivity index (χ3v) is 4.12. The molecule has 2 aromatic heterocycles. The maximum Gasteiger partial charge on any atom is 0.293 e. The highest BCUT2D eigenvalue weighted by Crippen LogP contribution is 2.19. The van der Waals surface area contributed by atoms with Gasteiger partial charge in [-0.15, -0.1) is 10.2 Å².